The lowest BCUT2D eigenvalue weighted by molar-refractivity contribution is 0.0761. The molecule has 0 unspecified atom stereocenters. The zero-order valence-corrected chi connectivity index (χ0v) is 17.4. The van der Waals surface area contributed by atoms with Gasteiger partial charge in [-0.1, -0.05) is 42.7 Å². The van der Waals surface area contributed by atoms with Crippen molar-refractivity contribution in [1.29, 1.82) is 0 Å². The normalized spacial score (nSPS) is 15.5. The van der Waals surface area contributed by atoms with Crippen LogP contribution in [0.5, 0.6) is 0 Å². The Bertz CT molecular complexity index is 898. The Morgan fingerprint density at radius 2 is 1.50 bits per heavy atom. The van der Waals surface area contributed by atoms with Gasteiger partial charge in [0.05, 0.1) is 4.90 Å². The molecule has 3 rings (SSSR count). The van der Waals surface area contributed by atoms with E-state index < -0.39 is 10.0 Å². The second-order valence-corrected chi connectivity index (χ2v) is 9.52. The van der Waals surface area contributed by atoms with E-state index in [1.54, 1.807) is 43.4 Å². The number of sulfonamides is 1. The van der Waals surface area contributed by atoms with E-state index in [2.05, 4.69) is 0 Å². The average Bonchev–Trinajstić information content (AvgIpc) is 2.98. The summed E-state index contributed by atoms with van der Waals surface area (Å²) >= 11 is 0. The summed E-state index contributed by atoms with van der Waals surface area (Å²) in [6, 6.07) is 14.1. The molecule has 0 N–H and O–H groups in total. The van der Waals surface area contributed by atoms with Gasteiger partial charge < -0.3 is 4.90 Å². The predicted molar refractivity (Wildman–Crippen MR) is 111 cm³/mol. The third-order valence-electron chi connectivity index (χ3n) is 5.23. The highest BCUT2D eigenvalue weighted by Crippen LogP contribution is 2.19. The maximum absolute atomic E-state index is 12.7. The first kappa shape index (κ1) is 20.6. The molecule has 150 valence electrons. The van der Waals surface area contributed by atoms with Crippen molar-refractivity contribution in [3.05, 3.63) is 65.2 Å². The molecule has 2 aromatic rings. The molecular weight excluding hydrogens is 372 g/mol. The van der Waals surface area contributed by atoms with Crippen LogP contribution >= 0.6 is 0 Å². The summed E-state index contributed by atoms with van der Waals surface area (Å²) in [7, 11) is -1.97. The second-order valence-electron chi connectivity index (χ2n) is 7.48. The molecule has 1 saturated heterocycles. The van der Waals surface area contributed by atoms with Crippen LogP contribution < -0.4 is 0 Å². The van der Waals surface area contributed by atoms with Crippen molar-refractivity contribution in [3.8, 4) is 0 Å². The molecule has 5 nitrogen and oxygen atoms in total. The molecule has 1 aliphatic heterocycles. The molecule has 0 bridgehead atoms. The molecule has 1 aliphatic rings. The lowest BCUT2D eigenvalue weighted by atomic mass is 10.1. The van der Waals surface area contributed by atoms with Crippen LogP contribution in [0.2, 0.25) is 0 Å². The Labute approximate surface area is 168 Å². The van der Waals surface area contributed by atoms with Crippen LogP contribution in [0, 0.1) is 6.92 Å². The first-order valence-corrected chi connectivity index (χ1v) is 11.2. The molecule has 1 amide bonds. The fourth-order valence-electron chi connectivity index (χ4n) is 3.44. The summed E-state index contributed by atoms with van der Waals surface area (Å²) in [5.41, 5.74) is 2.53. The zero-order valence-electron chi connectivity index (χ0n) is 16.6. The van der Waals surface area contributed by atoms with E-state index in [1.807, 2.05) is 24.0 Å². The van der Waals surface area contributed by atoms with Gasteiger partial charge in [0, 0.05) is 32.2 Å². The van der Waals surface area contributed by atoms with Crippen LogP contribution in [0.4, 0.5) is 0 Å². The van der Waals surface area contributed by atoms with Gasteiger partial charge >= 0.3 is 0 Å². The van der Waals surface area contributed by atoms with Crippen molar-refractivity contribution in [3.63, 3.8) is 0 Å². The number of benzene rings is 2. The smallest absolute Gasteiger partial charge is 0.253 e. The van der Waals surface area contributed by atoms with Crippen LogP contribution in [0.3, 0.4) is 0 Å². The number of aryl methyl sites for hydroxylation is 1. The number of carbonyl (C=O) groups is 1. The minimum atomic E-state index is -3.54. The van der Waals surface area contributed by atoms with E-state index in [-0.39, 0.29) is 17.3 Å². The van der Waals surface area contributed by atoms with Crippen molar-refractivity contribution in [1.82, 2.24) is 9.21 Å². The number of nitrogens with zero attached hydrogens (tertiary/aromatic N) is 2. The second kappa shape index (κ2) is 8.88. The van der Waals surface area contributed by atoms with Crippen molar-refractivity contribution in [2.24, 2.45) is 0 Å². The quantitative estimate of drug-likeness (QED) is 0.766. The monoisotopic (exact) mass is 400 g/mol. The van der Waals surface area contributed by atoms with Gasteiger partial charge in [-0.25, -0.2) is 8.42 Å². The van der Waals surface area contributed by atoms with Crippen LogP contribution in [0.1, 0.15) is 47.2 Å². The molecule has 0 spiro atoms. The zero-order chi connectivity index (χ0) is 20.1. The fourth-order valence-corrected chi connectivity index (χ4v) is 4.60. The van der Waals surface area contributed by atoms with Crippen LogP contribution in [-0.4, -0.2) is 43.7 Å². The number of likely N-dealkylation sites (tertiary alicyclic amines) is 1. The van der Waals surface area contributed by atoms with Crippen LogP contribution in [0.15, 0.2) is 53.4 Å². The molecular formula is C22H28N2O3S. The molecule has 1 heterocycles. The summed E-state index contributed by atoms with van der Waals surface area (Å²) in [4.78, 5) is 14.9. The van der Waals surface area contributed by atoms with E-state index in [1.165, 1.54) is 17.1 Å². The molecule has 0 saturated carbocycles. The molecule has 2 aromatic carbocycles. The Kier molecular flexibility index (Phi) is 6.52. The molecule has 6 heteroatoms. The number of hydrogen-bond donors (Lipinski definition) is 0. The van der Waals surface area contributed by atoms with Crippen LogP contribution in [-0.2, 0) is 16.6 Å². The predicted octanol–water partition coefficient (Wildman–Crippen LogP) is 3.83. The SMILES string of the molecule is Cc1ccc(S(=O)(=O)N(C)Cc2ccc(C(=O)N3CCCCCC3)cc2)cc1. The van der Waals surface area contributed by atoms with E-state index in [0.29, 0.717) is 5.56 Å². The first-order chi connectivity index (χ1) is 13.4. The van der Waals surface area contributed by atoms with Crippen molar-refractivity contribution in [2.45, 2.75) is 44.0 Å². The molecule has 0 aromatic heterocycles. The molecule has 0 aliphatic carbocycles. The van der Waals surface area contributed by atoms with Gasteiger partial charge in [-0.2, -0.15) is 4.31 Å². The maximum Gasteiger partial charge on any atom is 0.253 e. The first-order valence-electron chi connectivity index (χ1n) is 9.79. The van der Waals surface area contributed by atoms with E-state index in [9.17, 15) is 13.2 Å². The van der Waals surface area contributed by atoms with Gasteiger partial charge in [0.2, 0.25) is 10.0 Å². The highest BCUT2D eigenvalue weighted by molar-refractivity contribution is 7.89. The highest BCUT2D eigenvalue weighted by atomic mass is 32.2. The fraction of sp³-hybridized carbons (Fsp3) is 0.409. The molecule has 0 radical (unpaired) electrons. The average molecular weight is 401 g/mol. The Balaban J connectivity index is 1.68. The minimum Gasteiger partial charge on any atom is -0.339 e. The van der Waals surface area contributed by atoms with Crippen molar-refractivity contribution < 1.29 is 13.2 Å². The van der Waals surface area contributed by atoms with Gasteiger partial charge in [0.25, 0.3) is 5.91 Å². The summed E-state index contributed by atoms with van der Waals surface area (Å²) in [6.07, 6.45) is 4.49. The lowest BCUT2D eigenvalue weighted by Crippen LogP contribution is -2.31. The Morgan fingerprint density at radius 3 is 2.07 bits per heavy atom. The number of amides is 1. The number of rotatable bonds is 5. The Morgan fingerprint density at radius 1 is 0.929 bits per heavy atom. The third kappa shape index (κ3) is 4.80. The standard InChI is InChI=1S/C22H28N2O3S/c1-18-7-13-21(14-8-18)28(26,27)23(2)17-19-9-11-20(12-10-19)22(25)24-15-5-3-4-6-16-24/h7-14H,3-6,15-17H2,1-2H3. The summed E-state index contributed by atoms with van der Waals surface area (Å²) in [6.45, 7) is 3.82. The highest BCUT2D eigenvalue weighted by Gasteiger charge is 2.21. The van der Waals surface area contributed by atoms with Crippen molar-refractivity contribution in [2.75, 3.05) is 20.1 Å². The van der Waals surface area contributed by atoms with Gasteiger partial charge in [0.15, 0.2) is 0 Å². The lowest BCUT2D eigenvalue weighted by Gasteiger charge is -2.21. The molecule has 28 heavy (non-hydrogen) atoms. The van der Waals surface area contributed by atoms with E-state index in [4.69, 9.17) is 0 Å². The van der Waals surface area contributed by atoms with Crippen molar-refractivity contribution >= 4 is 15.9 Å². The van der Waals surface area contributed by atoms with Crippen LogP contribution in [0.25, 0.3) is 0 Å². The number of hydrogen-bond acceptors (Lipinski definition) is 3. The number of carbonyl (C=O) groups excluding carboxylic acids is 1. The van der Waals surface area contributed by atoms with Gasteiger partial charge in [-0.05, 0) is 49.6 Å². The topological polar surface area (TPSA) is 57.7 Å². The van der Waals surface area contributed by atoms with E-state index >= 15 is 0 Å². The summed E-state index contributed by atoms with van der Waals surface area (Å²) < 4.78 is 26.8. The van der Waals surface area contributed by atoms with E-state index in [0.717, 1.165) is 37.1 Å². The summed E-state index contributed by atoms with van der Waals surface area (Å²) in [5, 5.41) is 0. The maximum atomic E-state index is 12.7. The van der Waals surface area contributed by atoms with Gasteiger partial charge in [-0.15, -0.1) is 0 Å². The largest absolute Gasteiger partial charge is 0.339 e. The molecule has 0 atom stereocenters. The Hall–Kier alpha value is -2.18. The summed E-state index contributed by atoms with van der Waals surface area (Å²) in [5.74, 6) is 0.0640. The van der Waals surface area contributed by atoms with Gasteiger partial charge in [-0.3, -0.25) is 4.79 Å². The van der Waals surface area contributed by atoms with Gasteiger partial charge in [0.1, 0.15) is 0 Å². The molecule has 1 fully saturated rings. The third-order valence-corrected chi connectivity index (χ3v) is 7.05. The minimum absolute atomic E-state index is 0.0640.